The van der Waals surface area contributed by atoms with Crippen LogP contribution >= 0.6 is 11.8 Å². The van der Waals surface area contributed by atoms with Gasteiger partial charge in [-0.15, -0.1) is 0 Å². The molecule has 0 saturated carbocycles. The molecule has 0 aliphatic rings. The maximum Gasteiger partial charge on any atom is 0.316 e. The number of carbonyl (C=O) groups is 2. The van der Waals surface area contributed by atoms with Crippen LogP contribution in [0.3, 0.4) is 0 Å². The number of rotatable bonds is 7. The van der Waals surface area contributed by atoms with Gasteiger partial charge in [0.15, 0.2) is 6.61 Å². The van der Waals surface area contributed by atoms with Gasteiger partial charge in [-0.3, -0.25) is 14.6 Å². The van der Waals surface area contributed by atoms with Gasteiger partial charge >= 0.3 is 5.97 Å². The van der Waals surface area contributed by atoms with Crippen LogP contribution in [0.5, 0.6) is 0 Å². The molecule has 1 aromatic heterocycles. The second-order valence-corrected chi connectivity index (χ2v) is 6.74. The number of para-hydroxylation sites is 2. The van der Waals surface area contributed by atoms with Crippen molar-refractivity contribution in [2.45, 2.75) is 31.8 Å². The highest BCUT2D eigenvalue weighted by atomic mass is 32.2. The smallest absolute Gasteiger partial charge is 0.316 e. The molecule has 1 N–H and O–H groups in total. The van der Waals surface area contributed by atoms with Gasteiger partial charge in [0.2, 0.25) is 0 Å². The SMILES string of the molecule is CC(C)C(C)NC(=O)COC(=O)CSc1cnc2ccccc2n1. The quantitative estimate of drug-likeness (QED) is 0.612. The first kappa shape index (κ1) is 18.2. The van der Waals surface area contributed by atoms with E-state index in [-0.39, 0.29) is 24.3 Å². The molecular weight excluding hydrogens is 326 g/mol. The van der Waals surface area contributed by atoms with E-state index >= 15 is 0 Å². The maximum atomic E-state index is 11.7. The monoisotopic (exact) mass is 347 g/mol. The molecule has 1 unspecified atom stereocenters. The summed E-state index contributed by atoms with van der Waals surface area (Å²) >= 11 is 1.23. The maximum absolute atomic E-state index is 11.7. The molecule has 0 fully saturated rings. The van der Waals surface area contributed by atoms with Crippen LogP contribution in [0.4, 0.5) is 0 Å². The summed E-state index contributed by atoms with van der Waals surface area (Å²) in [5, 5.41) is 3.43. The molecule has 0 aliphatic heterocycles. The Bertz CT molecular complexity index is 721. The summed E-state index contributed by atoms with van der Waals surface area (Å²) in [5.74, 6) is -0.339. The predicted molar refractivity (Wildman–Crippen MR) is 93.7 cm³/mol. The Morgan fingerprint density at radius 3 is 2.62 bits per heavy atom. The number of nitrogens with zero attached hydrogens (tertiary/aromatic N) is 2. The van der Waals surface area contributed by atoms with Crippen molar-refractivity contribution in [2.75, 3.05) is 12.4 Å². The summed E-state index contributed by atoms with van der Waals surface area (Å²) in [6, 6.07) is 7.56. The molecule has 0 spiro atoms. The van der Waals surface area contributed by atoms with E-state index in [2.05, 4.69) is 15.3 Å². The van der Waals surface area contributed by atoms with Gasteiger partial charge in [0.05, 0.1) is 23.0 Å². The largest absolute Gasteiger partial charge is 0.455 e. The molecule has 2 aromatic rings. The average molecular weight is 347 g/mol. The van der Waals surface area contributed by atoms with E-state index in [1.807, 2.05) is 45.0 Å². The molecule has 0 aliphatic carbocycles. The number of nitrogens with one attached hydrogen (secondary N) is 1. The zero-order chi connectivity index (χ0) is 17.5. The zero-order valence-electron chi connectivity index (χ0n) is 14.0. The molecule has 0 bridgehead atoms. The minimum atomic E-state index is -0.456. The fourth-order valence-electron chi connectivity index (χ4n) is 1.79. The van der Waals surface area contributed by atoms with Crippen LogP contribution < -0.4 is 5.32 Å². The highest BCUT2D eigenvalue weighted by molar-refractivity contribution is 7.99. The van der Waals surface area contributed by atoms with Gasteiger partial charge in [0, 0.05) is 6.04 Å². The number of aromatic nitrogens is 2. The Morgan fingerprint density at radius 1 is 1.21 bits per heavy atom. The number of amides is 1. The number of fused-ring (bicyclic) bond motifs is 1. The van der Waals surface area contributed by atoms with Crippen LogP contribution in [0.25, 0.3) is 11.0 Å². The van der Waals surface area contributed by atoms with Crippen LogP contribution in [0.1, 0.15) is 20.8 Å². The molecule has 2 rings (SSSR count). The fraction of sp³-hybridized carbons (Fsp3) is 0.412. The van der Waals surface area contributed by atoms with Crippen LogP contribution in [0.15, 0.2) is 35.5 Å². The molecule has 0 radical (unpaired) electrons. The number of benzene rings is 1. The number of esters is 1. The summed E-state index contributed by atoms with van der Waals surface area (Å²) in [5.41, 5.74) is 1.58. The predicted octanol–water partition coefficient (Wildman–Crippen LogP) is 2.43. The van der Waals surface area contributed by atoms with E-state index in [9.17, 15) is 9.59 Å². The van der Waals surface area contributed by atoms with E-state index in [0.29, 0.717) is 10.9 Å². The van der Waals surface area contributed by atoms with Crippen molar-refractivity contribution in [1.29, 1.82) is 0 Å². The molecule has 1 heterocycles. The molecule has 1 atom stereocenters. The Labute approximate surface area is 145 Å². The molecule has 1 aromatic carbocycles. The molecule has 0 saturated heterocycles. The third-order valence-electron chi connectivity index (χ3n) is 3.52. The van der Waals surface area contributed by atoms with E-state index in [4.69, 9.17) is 4.74 Å². The van der Waals surface area contributed by atoms with Gasteiger partial charge in [-0.1, -0.05) is 37.7 Å². The average Bonchev–Trinajstić information content (AvgIpc) is 2.57. The van der Waals surface area contributed by atoms with Crippen molar-refractivity contribution in [3.8, 4) is 0 Å². The lowest BCUT2D eigenvalue weighted by molar-refractivity contribution is -0.146. The molecular formula is C17H21N3O3S. The van der Waals surface area contributed by atoms with Gasteiger partial charge in [0.25, 0.3) is 5.91 Å². The zero-order valence-corrected chi connectivity index (χ0v) is 14.8. The topological polar surface area (TPSA) is 81.2 Å². The molecule has 6 nitrogen and oxygen atoms in total. The Morgan fingerprint density at radius 2 is 1.92 bits per heavy atom. The van der Waals surface area contributed by atoms with E-state index in [0.717, 1.165) is 11.0 Å². The van der Waals surface area contributed by atoms with E-state index in [1.54, 1.807) is 6.20 Å². The number of hydrogen-bond acceptors (Lipinski definition) is 6. The van der Waals surface area contributed by atoms with Crippen molar-refractivity contribution < 1.29 is 14.3 Å². The van der Waals surface area contributed by atoms with Crippen LogP contribution in [0, 0.1) is 5.92 Å². The number of thioether (sulfide) groups is 1. The van der Waals surface area contributed by atoms with Crippen molar-refractivity contribution in [3.63, 3.8) is 0 Å². The Hall–Kier alpha value is -2.15. The number of ether oxygens (including phenoxy) is 1. The third-order valence-corrected chi connectivity index (χ3v) is 4.39. The van der Waals surface area contributed by atoms with Gasteiger partial charge in [-0.05, 0) is 25.0 Å². The molecule has 128 valence electrons. The minimum absolute atomic E-state index is 0.0402. The Kier molecular flexibility index (Phi) is 6.54. The summed E-state index contributed by atoms with van der Waals surface area (Å²) in [6.45, 7) is 5.68. The van der Waals surface area contributed by atoms with Crippen molar-refractivity contribution in [3.05, 3.63) is 30.5 Å². The summed E-state index contributed by atoms with van der Waals surface area (Å²) in [6.07, 6.45) is 1.62. The van der Waals surface area contributed by atoms with Gasteiger partial charge in [0.1, 0.15) is 5.03 Å². The second kappa shape index (κ2) is 8.63. The van der Waals surface area contributed by atoms with Crippen LogP contribution in [-0.4, -0.2) is 40.2 Å². The van der Waals surface area contributed by atoms with Crippen LogP contribution in [-0.2, 0) is 14.3 Å². The molecule has 7 heteroatoms. The number of carbonyl (C=O) groups excluding carboxylic acids is 2. The first-order valence-corrected chi connectivity index (χ1v) is 8.74. The molecule has 24 heavy (non-hydrogen) atoms. The van der Waals surface area contributed by atoms with Crippen molar-refractivity contribution in [2.24, 2.45) is 5.92 Å². The normalized spacial score (nSPS) is 12.2. The lowest BCUT2D eigenvalue weighted by Crippen LogP contribution is -2.38. The summed E-state index contributed by atoms with van der Waals surface area (Å²) in [7, 11) is 0. The standard InChI is InChI=1S/C17H21N3O3S/c1-11(2)12(3)19-15(21)9-23-17(22)10-24-16-8-18-13-6-4-5-7-14(13)20-16/h4-8,11-12H,9-10H2,1-3H3,(H,19,21). The fourth-order valence-corrected chi connectivity index (χ4v) is 2.43. The van der Waals surface area contributed by atoms with E-state index < -0.39 is 5.97 Å². The first-order valence-electron chi connectivity index (χ1n) is 7.75. The molecule has 1 amide bonds. The summed E-state index contributed by atoms with van der Waals surface area (Å²) < 4.78 is 4.97. The second-order valence-electron chi connectivity index (χ2n) is 5.75. The van der Waals surface area contributed by atoms with E-state index in [1.165, 1.54) is 11.8 Å². The van der Waals surface area contributed by atoms with Crippen molar-refractivity contribution >= 4 is 34.7 Å². The highest BCUT2D eigenvalue weighted by Gasteiger charge is 2.13. The minimum Gasteiger partial charge on any atom is -0.455 e. The first-order chi connectivity index (χ1) is 11.5. The lowest BCUT2D eigenvalue weighted by Gasteiger charge is -2.17. The van der Waals surface area contributed by atoms with Crippen molar-refractivity contribution in [1.82, 2.24) is 15.3 Å². The third kappa shape index (κ3) is 5.49. The Balaban J connectivity index is 1.77. The summed E-state index contributed by atoms with van der Waals surface area (Å²) in [4.78, 5) is 32.1. The van der Waals surface area contributed by atoms with Crippen LogP contribution in [0.2, 0.25) is 0 Å². The highest BCUT2D eigenvalue weighted by Crippen LogP contribution is 2.17. The van der Waals surface area contributed by atoms with Gasteiger partial charge < -0.3 is 10.1 Å². The van der Waals surface area contributed by atoms with Gasteiger partial charge in [-0.25, -0.2) is 4.98 Å². The van der Waals surface area contributed by atoms with Gasteiger partial charge in [-0.2, -0.15) is 0 Å². The lowest BCUT2D eigenvalue weighted by atomic mass is 10.1. The number of hydrogen-bond donors (Lipinski definition) is 1.